The van der Waals surface area contributed by atoms with E-state index in [0.29, 0.717) is 56.1 Å². The molecule has 10 nitrogen and oxygen atoms in total. The van der Waals surface area contributed by atoms with E-state index in [2.05, 4.69) is 0 Å². The zero-order chi connectivity index (χ0) is 28.0. The summed E-state index contributed by atoms with van der Waals surface area (Å²) in [7, 11) is -4.07. The van der Waals surface area contributed by atoms with Crippen molar-refractivity contribution >= 4 is 21.8 Å². The molecule has 0 spiro atoms. The van der Waals surface area contributed by atoms with E-state index in [9.17, 15) is 22.4 Å². The number of primary sulfonamides is 1. The highest BCUT2D eigenvalue weighted by molar-refractivity contribution is 7.89. The molecular formula is C28H33FN4O6S. The van der Waals surface area contributed by atoms with Crippen molar-refractivity contribution in [2.45, 2.75) is 36.5 Å². The normalized spacial score (nSPS) is 23.4. The molecule has 3 aliphatic heterocycles. The number of sulfonamides is 1. The summed E-state index contributed by atoms with van der Waals surface area (Å²) in [6.45, 7) is 3.83. The number of nitrogens with zero attached hydrogens (tertiary/aromatic N) is 3. The van der Waals surface area contributed by atoms with E-state index in [1.54, 1.807) is 11.0 Å². The van der Waals surface area contributed by atoms with Gasteiger partial charge in [-0.3, -0.25) is 9.59 Å². The number of rotatable bonds is 7. The van der Waals surface area contributed by atoms with E-state index < -0.39 is 21.7 Å². The predicted molar refractivity (Wildman–Crippen MR) is 142 cm³/mol. The highest BCUT2D eigenvalue weighted by Gasteiger charge is 2.44. The Morgan fingerprint density at radius 2 is 1.62 bits per heavy atom. The van der Waals surface area contributed by atoms with Gasteiger partial charge in [0, 0.05) is 74.5 Å². The molecule has 1 aliphatic carbocycles. The molecule has 12 heteroatoms. The van der Waals surface area contributed by atoms with Gasteiger partial charge in [-0.1, -0.05) is 0 Å². The lowest BCUT2D eigenvalue weighted by atomic mass is 10.0. The van der Waals surface area contributed by atoms with Gasteiger partial charge in [0.25, 0.3) is 11.8 Å². The lowest BCUT2D eigenvalue weighted by molar-refractivity contribution is 0.0490. The average Bonchev–Trinajstić information content (AvgIpc) is 3.60. The van der Waals surface area contributed by atoms with E-state index in [0.717, 1.165) is 62.8 Å². The van der Waals surface area contributed by atoms with Gasteiger partial charge in [0.05, 0.1) is 17.1 Å². The van der Waals surface area contributed by atoms with E-state index in [4.69, 9.17) is 19.6 Å². The van der Waals surface area contributed by atoms with Gasteiger partial charge in [-0.05, 0) is 55.9 Å². The van der Waals surface area contributed by atoms with Gasteiger partial charge in [0.1, 0.15) is 5.82 Å². The molecule has 1 saturated carbocycles. The van der Waals surface area contributed by atoms with E-state index >= 15 is 0 Å². The molecular weight excluding hydrogens is 539 g/mol. The number of amides is 2. The zero-order valence-electron chi connectivity index (χ0n) is 22.1. The molecule has 3 saturated heterocycles. The Morgan fingerprint density at radius 3 is 2.23 bits per heavy atom. The summed E-state index contributed by atoms with van der Waals surface area (Å²) in [6, 6.07) is 6.69. The van der Waals surface area contributed by atoms with E-state index in [1.807, 2.05) is 11.0 Å². The molecule has 4 aliphatic rings. The van der Waals surface area contributed by atoms with Crippen molar-refractivity contribution in [2.75, 3.05) is 46.0 Å². The number of aromatic nitrogens is 1. The maximum absolute atomic E-state index is 14.6. The number of hydrogen-bond donors (Lipinski definition) is 1. The summed E-state index contributed by atoms with van der Waals surface area (Å²) in [5.41, 5.74) is 1.28. The van der Waals surface area contributed by atoms with Crippen molar-refractivity contribution in [1.29, 1.82) is 0 Å². The molecule has 6 rings (SSSR count). The Bertz CT molecular complexity index is 1410. The van der Waals surface area contributed by atoms with E-state index in [1.165, 1.54) is 0 Å². The monoisotopic (exact) mass is 572 g/mol. The highest BCUT2D eigenvalue weighted by atomic mass is 32.2. The van der Waals surface area contributed by atoms with Gasteiger partial charge in [-0.2, -0.15) is 0 Å². The fourth-order valence-electron chi connectivity index (χ4n) is 5.95. The molecule has 4 fully saturated rings. The van der Waals surface area contributed by atoms with Crippen molar-refractivity contribution in [3.8, 4) is 5.88 Å². The number of carbonyl (C=O) groups is 2. The molecule has 1 aromatic carbocycles. The zero-order valence-corrected chi connectivity index (χ0v) is 22.9. The SMILES string of the molecule is NS(=O)(=O)c1ccc(C(=O)N2C[C@H]3CN(C(=O)c4cc(OCC5CCOCC5)nc(C5CC5)c4)C[C@@H]3C2)c(F)c1. The van der Waals surface area contributed by atoms with Crippen LogP contribution in [0.2, 0.25) is 0 Å². The summed E-state index contributed by atoms with van der Waals surface area (Å²) in [6.07, 6.45) is 4.04. The summed E-state index contributed by atoms with van der Waals surface area (Å²) >= 11 is 0. The average molecular weight is 573 g/mol. The van der Waals surface area contributed by atoms with Crippen LogP contribution in [0.5, 0.6) is 5.88 Å². The largest absolute Gasteiger partial charge is 0.477 e. The minimum atomic E-state index is -4.07. The molecule has 4 heterocycles. The van der Waals surface area contributed by atoms with Crippen LogP contribution in [0.25, 0.3) is 0 Å². The number of pyridine rings is 1. The number of fused-ring (bicyclic) bond motifs is 1. The maximum Gasteiger partial charge on any atom is 0.256 e. The number of ether oxygens (including phenoxy) is 2. The number of benzene rings is 1. The molecule has 2 atom stereocenters. The number of carbonyl (C=O) groups excluding carboxylic acids is 2. The van der Waals surface area contributed by atoms with Gasteiger partial charge in [-0.25, -0.2) is 22.9 Å². The van der Waals surface area contributed by atoms with Crippen LogP contribution in [-0.4, -0.2) is 81.0 Å². The van der Waals surface area contributed by atoms with Crippen LogP contribution in [0.4, 0.5) is 4.39 Å². The lowest BCUT2D eigenvalue weighted by Crippen LogP contribution is -2.36. The lowest BCUT2D eigenvalue weighted by Gasteiger charge is -2.23. The van der Waals surface area contributed by atoms with Crippen molar-refractivity contribution in [3.05, 3.63) is 53.0 Å². The fourth-order valence-corrected chi connectivity index (χ4v) is 6.48. The Hall–Kier alpha value is -3.09. The first-order valence-corrected chi connectivity index (χ1v) is 15.3. The van der Waals surface area contributed by atoms with Gasteiger partial charge in [0.15, 0.2) is 0 Å². The predicted octanol–water partition coefficient (Wildman–Crippen LogP) is 2.40. The minimum Gasteiger partial charge on any atom is -0.477 e. The van der Waals surface area contributed by atoms with Crippen LogP contribution >= 0.6 is 0 Å². The molecule has 1 aromatic heterocycles. The van der Waals surface area contributed by atoms with Crippen LogP contribution < -0.4 is 9.88 Å². The minimum absolute atomic E-state index is 0.0721. The standard InChI is InChI=1S/C28H33FN4O6S/c29-24-11-22(40(30,36)37)3-4-23(24)28(35)33-14-20-12-32(13-21(20)15-33)27(34)19-9-25(18-1-2-18)31-26(10-19)39-16-17-5-7-38-8-6-17/h3-4,9-11,17-18,20-21H,1-2,5-8,12-16H2,(H2,30,36,37)/t20-,21-/m1/s1. The van der Waals surface area contributed by atoms with Crippen LogP contribution in [-0.2, 0) is 14.8 Å². The number of halogens is 1. The fraction of sp³-hybridized carbons (Fsp3) is 0.536. The van der Waals surface area contributed by atoms with Crippen LogP contribution in [0.15, 0.2) is 35.2 Å². The quantitative estimate of drug-likeness (QED) is 0.539. The molecule has 2 aromatic rings. The summed E-state index contributed by atoms with van der Waals surface area (Å²) in [5, 5.41) is 5.06. The van der Waals surface area contributed by atoms with Crippen LogP contribution in [0, 0.1) is 23.6 Å². The second-order valence-corrected chi connectivity index (χ2v) is 12.9. The first-order chi connectivity index (χ1) is 19.2. The molecule has 214 valence electrons. The van der Waals surface area contributed by atoms with Crippen molar-refractivity contribution < 1.29 is 31.9 Å². The van der Waals surface area contributed by atoms with Gasteiger partial charge in [0.2, 0.25) is 15.9 Å². The molecule has 2 amide bonds. The Morgan fingerprint density at radius 1 is 0.975 bits per heavy atom. The second-order valence-electron chi connectivity index (χ2n) is 11.4. The van der Waals surface area contributed by atoms with Gasteiger partial charge >= 0.3 is 0 Å². The number of nitrogens with two attached hydrogens (primary N) is 1. The number of likely N-dealkylation sites (tertiary alicyclic amines) is 2. The third-order valence-electron chi connectivity index (χ3n) is 8.43. The van der Waals surface area contributed by atoms with Gasteiger partial charge < -0.3 is 19.3 Å². The van der Waals surface area contributed by atoms with Gasteiger partial charge in [-0.15, -0.1) is 0 Å². The molecule has 0 bridgehead atoms. The Labute approximate surface area is 232 Å². The maximum atomic E-state index is 14.6. The Balaban J connectivity index is 1.10. The summed E-state index contributed by atoms with van der Waals surface area (Å²) < 4.78 is 49.0. The first kappa shape index (κ1) is 27.1. The topological polar surface area (TPSA) is 132 Å². The third-order valence-corrected chi connectivity index (χ3v) is 9.34. The molecule has 2 N–H and O–H groups in total. The smallest absolute Gasteiger partial charge is 0.256 e. The second kappa shape index (κ2) is 10.7. The summed E-state index contributed by atoms with van der Waals surface area (Å²) in [5.74, 6) is -0.0620. The Kier molecular flexibility index (Phi) is 7.26. The number of hydrogen-bond acceptors (Lipinski definition) is 7. The molecule has 0 unspecified atom stereocenters. The van der Waals surface area contributed by atoms with Crippen molar-refractivity contribution in [2.24, 2.45) is 22.9 Å². The van der Waals surface area contributed by atoms with Crippen LogP contribution in [0.3, 0.4) is 0 Å². The third kappa shape index (κ3) is 5.70. The van der Waals surface area contributed by atoms with Crippen LogP contribution in [0.1, 0.15) is 58.0 Å². The highest BCUT2D eigenvalue weighted by Crippen LogP contribution is 2.40. The summed E-state index contributed by atoms with van der Waals surface area (Å²) in [4.78, 5) is 34.3. The van der Waals surface area contributed by atoms with Crippen molar-refractivity contribution in [1.82, 2.24) is 14.8 Å². The van der Waals surface area contributed by atoms with Crippen molar-refractivity contribution in [3.63, 3.8) is 0 Å². The molecule has 0 radical (unpaired) electrons. The van der Waals surface area contributed by atoms with E-state index in [-0.39, 0.29) is 28.2 Å². The first-order valence-electron chi connectivity index (χ1n) is 13.8. The molecule has 40 heavy (non-hydrogen) atoms.